The van der Waals surface area contributed by atoms with Crippen molar-refractivity contribution < 1.29 is 24.2 Å². The lowest BCUT2D eigenvalue weighted by Gasteiger charge is -2.26. The fraction of sp³-hybridized carbons (Fsp3) is 0.143. The minimum Gasteiger partial charge on any atom is -0.507 e. The number of Topliss-reactive ketones (excluding diaryl/α,β-unsaturated/α-hetero) is 1. The number of nitrogens with one attached hydrogen (secondary N) is 1. The molecular weight excluding hydrogens is 444 g/mol. The number of nitrogens with zero attached hydrogens (tertiary/aromatic N) is 1. The quantitative estimate of drug-likeness (QED) is 0.241. The van der Waals surface area contributed by atoms with Crippen LogP contribution in [-0.2, 0) is 9.59 Å². The van der Waals surface area contributed by atoms with Gasteiger partial charge in [0.15, 0.2) is 0 Å². The van der Waals surface area contributed by atoms with Gasteiger partial charge >= 0.3 is 0 Å². The summed E-state index contributed by atoms with van der Waals surface area (Å²) < 4.78 is 10.7. The predicted octanol–water partition coefficient (Wildman–Crippen LogP) is 5.12. The molecule has 1 unspecified atom stereocenters. The van der Waals surface area contributed by atoms with Crippen LogP contribution >= 0.6 is 0 Å². The number of aliphatic hydroxyl groups excluding tert-OH is 1. The van der Waals surface area contributed by atoms with Gasteiger partial charge in [0.25, 0.3) is 11.7 Å². The highest BCUT2D eigenvalue weighted by Gasteiger charge is 2.48. The van der Waals surface area contributed by atoms with Gasteiger partial charge < -0.3 is 19.6 Å². The lowest BCUT2D eigenvalue weighted by atomic mass is 9.93. The third-order valence-electron chi connectivity index (χ3n) is 6.34. The number of ether oxygens (including phenoxy) is 2. The molecule has 0 spiro atoms. The van der Waals surface area contributed by atoms with Crippen LogP contribution in [0.3, 0.4) is 0 Å². The molecule has 0 saturated carbocycles. The number of carbonyl (C=O) groups excluding carboxylic acids is 2. The number of anilines is 1. The van der Waals surface area contributed by atoms with Gasteiger partial charge in [-0.1, -0.05) is 36.4 Å². The summed E-state index contributed by atoms with van der Waals surface area (Å²) in [5.74, 6) is -0.676. The van der Waals surface area contributed by atoms with E-state index in [0.717, 1.165) is 22.2 Å². The van der Waals surface area contributed by atoms with Gasteiger partial charge in [0.2, 0.25) is 0 Å². The first kappa shape index (κ1) is 22.3. The Morgan fingerprint density at radius 2 is 1.60 bits per heavy atom. The van der Waals surface area contributed by atoms with Gasteiger partial charge in [-0.3, -0.25) is 14.5 Å². The second-order valence-electron chi connectivity index (χ2n) is 8.31. The molecule has 5 rings (SSSR count). The molecule has 2 N–H and O–H groups in total. The van der Waals surface area contributed by atoms with E-state index >= 15 is 0 Å². The molecule has 0 aliphatic carbocycles. The molecule has 7 heteroatoms. The van der Waals surface area contributed by atoms with E-state index in [1.54, 1.807) is 48.5 Å². The summed E-state index contributed by atoms with van der Waals surface area (Å²) in [6.07, 6.45) is 0. The number of benzene rings is 3. The predicted molar refractivity (Wildman–Crippen MR) is 134 cm³/mol. The normalized spacial score (nSPS) is 17.2. The third-order valence-corrected chi connectivity index (χ3v) is 6.34. The molecule has 35 heavy (non-hydrogen) atoms. The highest BCUT2D eigenvalue weighted by Crippen LogP contribution is 2.46. The van der Waals surface area contributed by atoms with Gasteiger partial charge in [0, 0.05) is 39.5 Å². The van der Waals surface area contributed by atoms with E-state index in [1.807, 2.05) is 31.2 Å². The summed E-state index contributed by atoms with van der Waals surface area (Å²) in [5.41, 5.74) is 3.30. The van der Waals surface area contributed by atoms with Crippen LogP contribution < -0.4 is 14.4 Å². The van der Waals surface area contributed by atoms with Crippen LogP contribution in [0.15, 0.2) is 78.4 Å². The highest BCUT2D eigenvalue weighted by atomic mass is 16.5. The third kappa shape index (κ3) is 3.61. The minimum atomic E-state index is -0.857. The van der Waals surface area contributed by atoms with Crippen molar-refractivity contribution in [2.24, 2.45) is 0 Å². The molecule has 7 nitrogen and oxygen atoms in total. The van der Waals surface area contributed by atoms with Gasteiger partial charge in [-0.2, -0.15) is 0 Å². The van der Waals surface area contributed by atoms with Gasteiger partial charge in [0.1, 0.15) is 17.3 Å². The SMILES string of the molecule is COc1cccc(/C(O)=C2\C(=O)C(=O)N(c3cccc(OC)c3)C2c2c(C)[nH]c3ccccc23)c1. The molecule has 1 atom stereocenters. The maximum atomic E-state index is 13.5. The zero-order chi connectivity index (χ0) is 24.7. The van der Waals surface area contributed by atoms with Crippen LogP contribution in [0.2, 0.25) is 0 Å². The number of fused-ring (bicyclic) bond motifs is 1. The molecule has 1 aromatic heterocycles. The molecule has 1 aliphatic heterocycles. The van der Waals surface area contributed by atoms with Crippen molar-refractivity contribution in [3.05, 3.63) is 95.2 Å². The van der Waals surface area contributed by atoms with Crippen molar-refractivity contribution in [2.75, 3.05) is 19.1 Å². The number of amides is 1. The number of methoxy groups -OCH3 is 2. The van der Waals surface area contributed by atoms with Crippen LogP contribution in [0.4, 0.5) is 5.69 Å². The van der Waals surface area contributed by atoms with Crippen molar-refractivity contribution in [3.63, 3.8) is 0 Å². The number of ketones is 1. The molecule has 1 fully saturated rings. The van der Waals surface area contributed by atoms with Gasteiger partial charge in [-0.05, 0) is 37.3 Å². The molecule has 1 saturated heterocycles. The van der Waals surface area contributed by atoms with Crippen LogP contribution in [0.1, 0.15) is 22.9 Å². The first-order valence-electron chi connectivity index (χ1n) is 11.1. The number of carbonyl (C=O) groups is 2. The number of para-hydroxylation sites is 1. The molecule has 176 valence electrons. The first-order valence-corrected chi connectivity index (χ1v) is 11.1. The fourth-order valence-electron chi connectivity index (χ4n) is 4.71. The molecule has 0 radical (unpaired) electrons. The molecular formula is C28H24N2O5. The Hall–Kier alpha value is -4.52. The second-order valence-corrected chi connectivity index (χ2v) is 8.31. The van der Waals surface area contributed by atoms with Gasteiger partial charge in [0.05, 0.1) is 25.8 Å². The summed E-state index contributed by atoms with van der Waals surface area (Å²) in [5, 5.41) is 12.3. The summed E-state index contributed by atoms with van der Waals surface area (Å²) >= 11 is 0. The van der Waals surface area contributed by atoms with Gasteiger partial charge in [-0.25, -0.2) is 0 Å². The molecule has 1 aliphatic rings. The van der Waals surface area contributed by atoms with E-state index < -0.39 is 17.7 Å². The van der Waals surface area contributed by atoms with Crippen LogP contribution in [-0.4, -0.2) is 36.0 Å². The number of H-pyrrole nitrogens is 1. The van der Waals surface area contributed by atoms with E-state index in [9.17, 15) is 14.7 Å². The Balaban J connectivity index is 1.81. The zero-order valence-electron chi connectivity index (χ0n) is 19.5. The van der Waals surface area contributed by atoms with E-state index in [0.29, 0.717) is 22.7 Å². The summed E-state index contributed by atoms with van der Waals surface area (Å²) in [6.45, 7) is 1.90. The van der Waals surface area contributed by atoms with Crippen molar-refractivity contribution in [2.45, 2.75) is 13.0 Å². The van der Waals surface area contributed by atoms with E-state index in [4.69, 9.17) is 9.47 Å². The Labute approximate surface area is 202 Å². The van der Waals surface area contributed by atoms with Crippen LogP contribution in [0.5, 0.6) is 11.5 Å². The largest absolute Gasteiger partial charge is 0.507 e. The summed E-state index contributed by atoms with van der Waals surface area (Å²) in [4.78, 5) is 31.7. The van der Waals surface area contributed by atoms with E-state index in [2.05, 4.69) is 4.98 Å². The van der Waals surface area contributed by atoms with Crippen molar-refractivity contribution in [1.29, 1.82) is 0 Å². The van der Waals surface area contributed by atoms with E-state index in [1.165, 1.54) is 19.1 Å². The maximum absolute atomic E-state index is 13.5. The Kier molecular flexibility index (Phi) is 5.53. The summed E-state index contributed by atoms with van der Waals surface area (Å²) in [7, 11) is 3.06. The van der Waals surface area contributed by atoms with Crippen molar-refractivity contribution >= 4 is 34.0 Å². The number of aryl methyl sites for hydroxylation is 1. The van der Waals surface area contributed by atoms with Crippen LogP contribution in [0.25, 0.3) is 16.7 Å². The maximum Gasteiger partial charge on any atom is 0.300 e. The first-order chi connectivity index (χ1) is 16.9. The van der Waals surface area contributed by atoms with Crippen molar-refractivity contribution in [3.8, 4) is 11.5 Å². The zero-order valence-corrected chi connectivity index (χ0v) is 19.5. The van der Waals surface area contributed by atoms with E-state index in [-0.39, 0.29) is 11.3 Å². The lowest BCUT2D eigenvalue weighted by Crippen LogP contribution is -2.29. The Bertz CT molecular complexity index is 1500. The number of rotatable bonds is 5. The highest BCUT2D eigenvalue weighted by molar-refractivity contribution is 6.52. The second kappa shape index (κ2) is 8.68. The molecule has 0 bridgehead atoms. The minimum absolute atomic E-state index is 0.0129. The standard InChI is InChI=1S/C28H24N2O5/c1-16-23(21-12-4-5-13-22(21)29-16)25-24(26(31)17-8-6-10-19(14-17)34-2)27(32)28(33)30(25)18-9-7-11-20(15-18)35-3/h4-15,25,29,31H,1-3H3/b26-24+. The number of hydrogen-bond acceptors (Lipinski definition) is 5. The van der Waals surface area contributed by atoms with Gasteiger partial charge in [-0.15, -0.1) is 0 Å². The average molecular weight is 469 g/mol. The monoisotopic (exact) mass is 468 g/mol. The number of hydrogen-bond donors (Lipinski definition) is 2. The molecule has 3 aromatic carbocycles. The number of aromatic nitrogens is 1. The van der Waals surface area contributed by atoms with Crippen LogP contribution in [0, 0.1) is 6.92 Å². The number of aromatic amines is 1. The topological polar surface area (TPSA) is 91.9 Å². The molecule has 4 aromatic rings. The Morgan fingerprint density at radius 3 is 2.34 bits per heavy atom. The average Bonchev–Trinajstić information content (AvgIpc) is 3.35. The number of aliphatic hydroxyl groups is 1. The molecule has 1 amide bonds. The lowest BCUT2D eigenvalue weighted by molar-refractivity contribution is -0.132. The molecule has 2 heterocycles. The smallest absolute Gasteiger partial charge is 0.300 e. The Morgan fingerprint density at radius 1 is 0.914 bits per heavy atom. The fourth-order valence-corrected chi connectivity index (χ4v) is 4.71. The van der Waals surface area contributed by atoms with Crippen molar-refractivity contribution in [1.82, 2.24) is 4.98 Å². The summed E-state index contributed by atoms with van der Waals surface area (Å²) in [6, 6.07) is 20.6.